The van der Waals surface area contributed by atoms with Gasteiger partial charge in [0.1, 0.15) is 6.10 Å². The average molecular weight is 274 g/mol. The second-order valence-corrected chi connectivity index (χ2v) is 5.86. The number of rotatable bonds is 2. The zero-order valence-corrected chi connectivity index (χ0v) is 11.2. The van der Waals surface area contributed by atoms with Crippen molar-refractivity contribution in [2.45, 2.75) is 32.0 Å². The Morgan fingerprint density at radius 3 is 2.60 bits per heavy atom. The normalized spacial score (nSPS) is 38.4. The van der Waals surface area contributed by atoms with E-state index in [1.165, 1.54) is 19.1 Å². The van der Waals surface area contributed by atoms with E-state index in [-0.39, 0.29) is 23.4 Å². The van der Waals surface area contributed by atoms with Crippen LogP contribution in [0.25, 0.3) is 0 Å². The summed E-state index contributed by atoms with van der Waals surface area (Å²) in [5.74, 6) is -1.79. The first-order valence-corrected chi connectivity index (χ1v) is 6.33. The lowest BCUT2D eigenvalue weighted by atomic mass is 9.77. The van der Waals surface area contributed by atoms with E-state index in [1.54, 1.807) is 6.92 Å². The van der Waals surface area contributed by atoms with Crippen molar-refractivity contribution in [2.24, 2.45) is 5.41 Å². The summed E-state index contributed by atoms with van der Waals surface area (Å²) in [6.07, 6.45) is 2.00. The number of hydrogen-bond donors (Lipinski definition) is 1. The molecule has 2 bridgehead atoms. The van der Waals surface area contributed by atoms with E-state index in [4.69, 9.17) is 4.74 Å². The van der Waals surface area contributed by atoms with E-state index < -0.39 is 28.9 Å². The second-order valence-electron chi connectivity index (χ2n) is 5.86. The molecule has 0 amide bonds. The van der Waals surface area contributed by atoms with E-state index in [2.05, 4.69) is 6.58 Å². The number of carbonyl (C=O) groups is 3. The van der Waals surface area contributed by atoms with Gasteiger partial charge in [-0.05, 0) is 32.4 Å². The lowest BCUT2D eigenvalue weighted by molar-refractivity contribution is -0.164. The first-order valence-electron chi connectivity index (χ1n) is 6.33. The van der Waals surface area contributed by atoms with Gasteiger partial charge in [0, 0.05) is 0 Å². The highest BCUT2D eigenvalue weighted by molar-refractivity contribution is 6.31. The van der Waals surface area contributed by atoms with Gasteiger partial charge < -0.3 is 9.84 Å². The summed E-state index contributed by atoms with van der Waals surface area (Å²) in [4.78, 5) is 37.0. The number of ketones is 2. The van der Waals surface area contributed by atoms with Crippen molar-refractivity contribution in [1.29, 1.82) is 0 Å². The number of hydrogen-bond acceptors (Lipinski definition) is 5. The summed E-state index contributed by atoms with van der Waals surface area (Å²) >= 11 is 0. The molecule has 0 aromatic rings. The van der Waals surface area contributed by atoms with Crippen LogP contribution in [-0.2, 0) is 19.1 Å². The zero-order chi connectivity index (χ0) is 14.9. The fourth-order valence-electron chi connectivity index (χ4n) is 3.21. The summed E-state index contributed by atoms with van der Waals surface area (Å²) in [6.45, 7) is 6.99. The van der Waals surface area contributed by atoms with Crippen LogP contribution in [0.1, 0.15) is 20.3 Å². The molecule has 0 saturated heterocycles. The molecule has 3 unspecified atom stereocenters. The summed E-state index contributed by atoms with van der Waals surface area (Å²) in [5.41, 5.74) is -2.74. The maximum absolute atomic E-state index is 12.6. The number of Topliss-reactive ketones (excluding diaryl/α,β-unsaturated/α-hetero) is 2. The molecule has 0 fully saturated rings. The van der Waals surface area contributed by atoms with E-state index in [1.807, 2.05) is 0 Å². The van der Waals surface area contributed by atoms with Crippen molar-refractivity contribution < 1.29 is 24.2 Å². The molecule has 0 aromatic carbocycles. The molecule has 0 aromatic heterocycles. The molecule has 3 atom stereocenters. The van der Waals surface area contributed by atoms with Gasteiger partial charge in [-0.3, -0.25) is 9.59 Å². The number of ether oxygens (including phenoxy) is 1. The zero-order valence-electron chi connectivity index (χ0n) is 11.2. The van der Waals surface area contributed by atoms with Gasteiger partial charge in [-0.25, -0.2) is 4.79 Å². The molecule has 0 radical (unpaired) electrons. The van der Waals surface area contributed by atoms with Crippen molar-refractivity contribution in [3.63, 3.8) is 0 Å². The Hall–Kier alpha value is -2.01. The average Bonchev–Trinajstić information content (AvgIpc) is 2.55. The third-order valence-electron chi connectivity index (χ3n) is 4.12. The summed E-state index contributed by atoms with van der Waals surface area (Å²) in [7, 11) is 0. The molecule has 0 saturated carbocycles. The van der Waals surface area contributed by atoms with Crippen LogP contribution in [0.2, 0.25) is 0 Å². The third-order valence-corrected chi connectivity index (χ3v) is 4.12. The highest BCUT2D eigenvalue weighted by Crippen LogP contribution is 2.50. The SMILES string of the molecule is C=C(C)CC1(C)C(=O)C2=C(C1=O)C1(O)C=CC2OC1=O. The molecule has 104 valence electrons. The topological polar surface area (TPSA) is 80.7 Å². The Bertz CT molecular complexity index is 653. The summed E-state index contributed by atoms with van der Waals surface area (Å²) in [5, 5.41) is 10.4. The van der Waals surface area contributed by atoms with Gasteiger partial charge in [0.2, 0.25) is 5.60 Å². The highest BCUT2D eigenvalue weighted by atomic mass is 16.6. The fourth-order valence-corrected chi connectivity index (χ4v) is 3.21. The standard InChI is InChI=1S/C15H14O5/c1-7(2)6-14(3)11(16)9-8-4-5-15(19,13(18)20-8)10(9)12(14)17/h4-5,8,19H,1,6H2,2-3H3. The maximum Gasteiger partial charge on any atom is 0.348 e. The Morgan fingerprint density at radius 1 is 1.40 bits per heavy atom. The molecule has 20 heavy (non-hydrogen) atoms. The van der Waals surface area contributed by atoms with E-state index in [9.17, 15) is 19.5 Å². The van der Waals surface area contributed by atoms with Gasteiger partial charge in [0.15, 0.2) is 11.6 Å². The van der Waals surface area contributed by atoms with Crippen LogP contribution in [0.4, 0.5) is 0 Å². The van der Waals surface area contributed by atoms with Gasteiger partial charge in [0.05, 0.1) is 16.6 Å². The van der Waals surface area contributed by atoms with Crippen LogP contribution in [0.3, 0.4) is 0 Å². The fraction of sp³-hybridized carbons (Fsp3) is 0.400. The minimum Gasteiger partial charge on any atom is -0.450 e. The molecular formula is C15H14O5. The van der Waals surface area contributed by atoms with Crippen LogP contribution in [0, 0.1) is 5.41 Å². The van der Waals surface area contributed by atoms with Crippen LogP contribution in [0.5, 0.6) is 0 Å². The molecule has 2 heterocycles. The van der Waals surface area contributed by atoms with Crippen LogP contribution < -0.4 is 0 Å². The van der Waals surface area contributed by atoms with E-state index in [0.29, 0.717) is 5.57 Å². The summed E-state index contributed by atoms with van der Waals surface area (Å²) < 4.78 is 4.99. The predicted octanol–water partition coefficient (Wildman–Crippen LogP) is 0.634. The van der Waals surface area contributed by atoms with Crippen molar-refractivity contribution in [3.05, 3.63) is 35.5 Å². The largest absolute Gasteiger partial charge is 0.450 e. The Kier molecular flexibility index (Phi) is 2.31. The number of carbonyl (C=O) groups excluding carboxylic acids is 3. The minimum atomic E-state index is -2.12. The second kappa shape index (κ2) is 3.55. The maximum atomic E-state index is 12.6. The van der Waals surface area contributed by atoms with Crippen molar-refractivity contribution in [1.82, 2.24) is 0 Å². The van der Waals surface area contributed by atoms with Gasteiger partial charge >= 0.3 is 5.97 Å². The molecule has 4 rings (SSSR count). The Balaban J connectivity index is 2.17. The van der Waals surface area contributed by atoms with E-state index >= 15 is 0 Å². The molecule has 5 nitrogen and oxygen atoms in total. The number of fused-ring (bicyclic) bond motifs is 1. The quantitative estimate of drug-likeness (QED) is 0.454. The lowest BCUT2D eigenvalue weighted by Gasteiger charge is -2.36. The molecule has 0 spiro atoms. The molecule has 4 aliphatic rings. The van der Waals surface area contributed by atoms with Gasteiger partial charge in [-0.15, -0.1) is 6.58 Å². The van der Waals surface area contributed by atoms with Crippen molar-refractivity contribution in [3.8, 4) is 0 Å². The van der Waals surface area contributed by atoms with Crippen LogP contribution >= 0.6 is 0 Å². The van der Waals surface area contributed by atoms with Gasteiger partial charge in [0.25, 0.3) is 0 Å². The van der Waals surface area contributed by atoms with Gasteiger partial charge in [-0.2, -0.15) is 0 Å². The predicted molar refractivity (Wildman–Crippen MR) is 68.5 cm³/mol. The van der Waals surface area contributed by atoms with E-state index in [0.717, 1.165) is 0 Å². The Labute approximate surface area is 115 Å². The molecule has 1 N–H and O–H groups in total. The van der Waals surface area contributed by atoms with Gasteiger partial charge in [-0.1, -0.05) is 5.57 Å². The van der Waals surface area contributed by atoms with Crippen molar-refractivity contribution >= 4 is 17.5 Å². The number of esters is 1. The third kappa shape index (κ3) is 1.28. The first-order chi connectivity index (χ1) is 9.21. The Morgan fingerprint density at radius 2 is 2.05 bits per heavy atom. The minimum absolute atomic E-state index is 0.114. The smallest absolute Gasteiger partial charge is 0.348 e. The molecule has 2 aliphatic heterocycles. The lowest BCUT2D eigenvalue weighted by Crippen LogP contribution is -2.51. The molecular weight excluding hydrogens is 260 g/mol. The first kappa shape index (κ1) is 13.0. The molecule has 2 aliphatic carbocycles. The summed E-state index contributed by atoms with van der Waals surface area (Å²) in [6, 6.07) is 0. The monoisotopic (exact) mass is 274 g/mol. The van der Waals surface area contributed by atoms with Crippen LogP contribution in [0.15, 0.2) is 35.5 Å². The molecule has 5 heteroatoms. The number of aliphatic hydroxyl groups is 1. The number of allylic oxidation sites excluding steroid dienone is 1. The van der Waals surface area contributed by atoms with Crippen molar-refractivity contribution in [2.75, 3.05) is 0 Å². The highest BCUT2D eigenvalue weighted by Gasteiger charge is 2.64. The van der Waals surface area contributed by atoms with Crippen LogP contribution in [-0.4, -0.2) is 34.3 Å².